The number of hydrogen-bond acceptors (Lipinski definition) is 2. The Morgan fingerprint density at radius 2 is 2.00 bits per heavy atom. The second kappa shape index (κ2) is 6.73. The van der Waals surface area contributed by atoms with Crippen molar-refractivity contribution < 1.29 is 13.2 Å². The molecule has 2 nitrogen and oxygen atoms in total. The van der Waals surface area contributed by atoms with Gasteiger partial charge in [-0.25, -0.2) is 0 Å². The molecule has 1 saturated heterocycles. The fraction of sp³-hybridized carbons (Fsp3) is 0.571. The van der Waals surface area contributed by atoms with Crippen molar-refractivity contribution in [1.29, 1.82) is 0 Å². The second-order valence-electron chi connectivity index (χ2n) is 5.25. The molecule has 2 aliphatic heterocycles. The average Bonchev–Trinajstić information content (AvgIpc) is 2.74. The van der Waals surface area contributed by atoms with Gasteiger partial charge in [-0.3, -0.25) is 4.90 Å². The number of rotatable bonds is 1. The van der Waals surface area contributed by atoms with Gasteiger partial charge in [0.05, 0.1) is 5.56 Å². The summed E-state index contributed by atoms with van der Waals surface area (Å²) in [6.07, 6.45) is -3.62. The van der Waals surface area contributed by atoms with E-state index in [0.717, 1.165) is 30.8 Å². The standard InChI is InChI=1S/C14H17F3N2.2ClH/c1-2-9-5-10-11(12(6-9)14(15,16)17)8-19-4-3-18-7-13(10)19;;/h5-6,13,18H,2-4,7-8H2,1H3;2*1H/t13-;;/m0../s1. The highest BCUT2D eigenvalue weighted by Crippen LogP contribution is 2.42. The van der Waals surface area contributed by atoms with Gasteiger partial charge in [0.15, 0.2) is 0 Å². The number of nitrogens with one attached hydrogen (secondary N) is 1. The molecule has 1 aromatic carbocycles. The molecule has 0 saturated carbocycles. The topological polar surface area (TPSA) is 15.3 Å². The van der Waals surface area contributed by atoms with Crippen LogP contribution in [0.2, 0.25) is 0 Å². The van der Waals surface area contributed by atoms with Crippen molar-refractivity contribution >= 4 is 24.8 Å². The first-order valence-corrected chi connectivity index (χ1v) is 6.68. The summed E-state index contributed by atoms with van der Waals surface area (Å²) in [5.74, 6) is 0. The lowest BCUT2D eigenvalue weighted by Gasteiger charge is -2.30. The Bertz CT molecular complexity index is 506. The molecule has 7 heteroatoms. The third-order valence-electron chi connectivity index (χ3n) is 4.13. The van der Waals surface area contributed by atoms with Crippen LogP contribution in [-0.4, -0.2) is 24.5 Å². The van der Waals surface area contributed by atoms with Crippen molar-refractivity contribution in [2.24, 2.45) is 0 Å². The molecule has 1 fully saturated rings. The predicted octanol–water partition coefficient (Wildman–Crippen LogP) is 3.57. The predicted molar refractivity (Wildman–Crippen MR) is 81.3 cm³/mol. The Morgan fingerprint density at radius 3 is 2.62 bits per heavy atom. The number of benzene rings is 1. The number of nitrogens with zero attached hydrogens (tertiary/aromatic N) is 1. The fourth-order valence-corrected chi connectivity index (χ4v) is 3.13. The Morgan fingerprint density at radius 1 is 1.29 bits per heavy atom. The zero-order valence-corrected chi connectivity index (χ0v) is 13.3. The number of aryl methyl sites for hydroxylation is 1. The quantitative estimate of drug-likeness (QED) is 0.839. The number of fused-ring (bicyclic) bond motifs is 3. The van der Waals surface area contributed by atoms with E-state index < -0.39 is 11.7 Å². The Kier molecular flexibility index (Phi) is 5.95. The molecule has 0 unspecified atom stereocenters. The van der Waals surface area contributed by atoms with Gasteiger partial charge in [0.25, 0.3) is 0 Å². The summed E-state index contributed by atoms with van der Waals surface area (Å²) < 4.78 is 39.6. The summed E-state index contributed by atoms with van der Waals surface area (Å²) in [5.41, 5.74) is 1.70. The van der Waals surface area contributed by atoms with Crippen molar-refractivity contribution in [2.75, 3.05) is 19.6 Å². The van der Waals surface area contributed by atoms with E-state index in [-0.39, 0.29) is 30.9 Å². The first-order valence-electron chi connectivity index (χ1n) is 6.68. The Hall–Kier alpha value is -0.490. The number of piperazine rings is 1. The molecule has 0 amide bonds. The first kappa shape index (κ1) is 18.6. The maximum atomic E-state index is 13.2. The molecule has 1 aromatic rings. The van der Waals surface area contributed by atoms with Crippen LogP contribution in [0.25, 0.3) is 0 Å². The van der Waals surface area contributed by atoms with Gasteiger partial charge in [0, 0.05) is 32.2 Å². The minimum atomic E-state index is -4.25. The van der Waals surface area contributed by atoms with Gasteiger partial charge in [-0.05, 0) is 29.2 Å². The first-order chi connectivity index (χ1) is 9.00. The van der Waals surface area contributed by atoms with Crippen LogP contribution in [0.3, 0.4) is 0 Å². The number of alkyl halides is 3. The maximum absolute atomic E-state index is 13.2. The highest BCUT2D eigenvalue weighted by atomic mass is 35.5. The minimum Gasteiger partial charge on any atom is -0.314 e. The van der Waals surface area contributed by atoms with Crippen LogP contribution >= 0.6 is 24.8 Å². The largest absolute Gasteiger partial charge is 0.416 e. The molecule has 0 aromatic heterocycles. The van der Waals surface area contributed by atoms with Gasteiger partial charge in [-0.2, -0.15) is 13.2 Å². The van der Waals surface area contributed by atoms with Gasteiger partial charge in [0.1, 0.15) is 0 Å². The molecule has 1 N–H and O–H groups in total. The maximum Gasteiger partial charge on any atom is 0.416 e. The third kappa shape index (κ3) is 3.31. The van der Waals surface area contributed by atoms with E-state index in [4.69, 9.17) is 0 Å². The van der Waals surface area contributed by atoms with Gasteiger partial charge in [0.2, 0.25) is 0 Å². The smallest absolute Gasteiger partial charge is 0.314 e. The Labute approximate surface area is 134 Å². The van der Waals surface area contributed by atoms with E-state index in [1.54, 1.807) is 0 Å². The van der Waals surface area contributed by atoms with Crippen LogP contribution in [0, 0.1) is 0 Å². The van der Waals surface area contributed by atoms with E-state index in [1.165, 1.54) is 6.07 Å². The third-order valence-corrected chi connectivity index (χ3v) is 4.13. The highest BCUT2D eigenvalue weighted by Gasteiger charge is 2.40. The fourth-order valence-electron chi connectivity index (χ4n) is 3.13. The molecular weight excluding hydrogens is 324 g/mol. The summed E-state index contributed by atoms with van der Waals surface area (Å²) in [7, 11) is 0. The summed E-state index contributed by atoms with van der Waals surface area (Å²) in [4.78, 5) is 2.15. The van der Waals surface area contributed by atoms with Crippen LogP contribution in [0.15, 0.2) is 12.1 Å². The molecule has 21 heavy (non-hydrogen) atoms. The highest BCUT2D eigenvalue weighted by molar-refractivity contribution is 5.85. The molecule has 0 radical (unpaired) electrons. The lowest BCUT2D eigenvalue weighted by Crippen LogP contribution is -2.42. The summed E-state index contributed by atoms with van der Waals surface area (Å²) >= 11 is 0. The molecular formula is C14H19Cl2F3N2. The van der Waals surface area contributed by atoms with Crippen LogP contribution < -0.4 is 5.32 Å². The van der Waals surface area contributed by atoms with Gasteiger partial charge < -0.3 is 5.32 Å². The van der Waals surface area contributed by atoms with E-state index >= 15 is 0 Å². The van der Waals surface area contributed by atoms with Crippen molar-refractivity contribution in [1.82, 2.24) is 10.2 Å². The molecule has 2 aliphatic rings. The van der Waals surface area contributed by atoms with Crippen LogP contribution in [0.1, 0.15) is 35.2 Å². The van der Waals surface area contributed by atoms with Crippen molar-refractivity contribution in [3.63, 3.8) is 0 Å². The molecule has 120 valence electrons. The van der Waals surface area contributed by atoms with Gasteiger partial charge in [-0.15, -0.1) is 24.8 Å². The lowest BCUT2D eigenvalue weighted by molar-refractivity contribution is -0.138. The van der Waals surface area contributed by atoms with Gasteiger partial charge >= 0.3 is 6.18 Å². The summed E-state index contributed by atoms with van der Waals surface area (Å²) in [6, 6.07) is 3.39. The molecule has 1 atom stereocenters. The van der Waals surface area contributed by atoms with E-state index in [9.17, 15) is 13.2 Å². The number of halogens is 5. The molecule has 2 heterocycles. The van der Waals surface area contributed by atoms with Crippen LogP contribution in [0.5, 0.6) is 0 Å². The summed E-state index contributed by atoms with van der Waals surface area (Å²) in [6.45, 7) is 4.75. The van der Waals surface area contributed by atoms with Gasteiger partial charge in [-0.1, -0.05) is 13.0 Å². The molecule has 3 rings (SSSR count). The van der Waals surface area contributed by atoms with Crippen LogP contribution in [-0.2, 0) is 19.1 Å². The summed E-state index contributed by atoms with van der Waals surface area (Å²) in [5, 5.41) is 3.27. The Balaban J connectivity index is 0.00000110. The molecule has 0 bridgehead atoms. The van der Waals surface area contributed by atoms with E-state index in [0.29, 0.717) is 18.5 Å². The van der Waals surface area contributed by atoms with Crippen molar-refractivity contribution in [3.8, 4) is 0 Å². The van der Waals surface area contributed by atoms with Crippen molar-refractivity contribution in [2.45, 2.75) is 32.1 Å². The van der Waals surface area contributed by atoms with Crippen LogP contribution in [0.4, 0.5) is 13.2 Å². The van der Waals surface area contributed by atoms with Crippen molar-refractivity contribution in [3.05, 3.63) is 34.4 Å². The SMILES string of the molecule is CCc1cc2c(c(C(F)(F)F)c1)CN1CCNC[C@@H]21.Cl.Cl. The number of hydrogen-bond donors (Lipinski definition) is 1. The second-order valence-corrected chi connectivity index (χ2v) is 5.25. The molecule has 0 spiro atoms. The minimum absolute atomic E-state index is 0. The zero-order valence-electron chi connectivity index (χ0n) is 11.7. The lowest BCUT2D eigenvalue weighted by atomic mass is 9.95. The average molecular weight is 343 g/mol. The normalized spacial score (nSPS) is 21.0. The molecule has 0 aliphatic carbocycles. The monoisotopic (exact) mass is 342 g/mol. The zero-order chi connectivity index (χ0) is 13.6. The van der Waals surface area contributed by atoms with E-state index in [1.807, 2.05) is 13.0 Å². The van der Waals surface area contributed by atoms with E-state index in [2.05, 4.69) is 10.2 Å².